The third kappa shape index (κ3) is 2.35. The van der Waals surface area contributed by atoms with Crippen molar-refractivity contribution in [1.82, 2.24) is 0 Å². The molecule has 0 unspecified atom stereocenters. The lowest BCUT2D eigenvalue weighted by Crippen LogP contribution is -1.92. The molecule has 0 aliphatic rings. The molecule has 0 bridgehead atoms. The van der Waals surface area contributed by atoms with Crippen LogP contribution >= 0.6 is 11.6 Å². The topological polar surface area (TPSA) is 29.5 Å². The van der Waals surface area contributed by atoms with Crippen LogP contribution in [0.15, 0.2) is 36.4 Å². The van der Waals surface area contributed by atoms with Crippen LogP contribution < -0.4 is 4.74 Å². The molecule has 0 amide bonds. The molecule has 2 aromatic carbocycles. The van der Waals surface area contributed by atoms with Crippen LogP contribution in [0.5, 0.6) is 5.75 Å². The van der Waals surface area contributed by atoms with Gasteiger partial charge in [0, 0.05) is 0 Å². The summed E-state index contributed by atoms with van der Waals surface area (Å²) in [6.45, 7) is 1.97. The number of aliphatic hydroxyl groups is 1. The van der Waals surface area contributed by atoms with Crippen molar-refractivity contribution in [3.63, 3.8) is 0 Å². The van der Waals surface area contributed by atoms with E-state index in [-0.39, 0.29) is 6.61 Å². The lowest BCUT2D eigenvalue weighted by Gasteiger charge is -2.12. The van der Waals surface area contributed by atoms with Gasteiger partial charge in [-0.3, -0.25) is 0 Å². The molecule has 18 heavy (non-hydrogen) atoms. The van der Waals surface area contributed by atoms with E-state index in [4.69, 9.17) is 16.3 Å². The van der Waals surface area contributed by atoms with Gasteiger partial charge in [0.25, 0.3) is 0 Å². The predicted molar refractivity (Wildman–Crippen MR) is 74.1 cm³/mol. The fourth-order valence-corrected chi connectivity index (χ4v) is 2.43. The van der Waals surface area contributed by atoms with E-state index in [2.05, 4.69) is 0 Å². The van der Waals surface area contributed by atoms with Crippen LogP contribution in [0.25, 0.3) is 11.1 Å². The first-order chi connectivity index (χ1) is 8.67. The van der Waals surface area contributed by atoms with Crippen molar-refractivity contribution in [3.8, 4) is 16.9 Å². The van der Waals surface area contributed by atoms with Crippen molar-refractivity contribution in [2.75, 3.05) is 7.11 Å². The van der Waals surface area contributed by atoms with Gasteiger partial charge >= 0.3 is 0 Å². The third-order valence-electron chi connectivity index (χ3n) is 2.93. The van der Waals surface area contributed by atoms with E-state index in [0.717, 1.165) is 22.3 Å². The number of methoxy groups -OCH3 is 1. The summed E-state index contributed by atoms with van der Waals surface area (Å²) >= 11 is 6.19. The minimum absolute atomic E-state index is 0.0128. The predicted octanol–water partition coefficient (Wildman–Crippen LogP) is 3.82. The lowest BCUT2D eigenvalue weighted by molar-refractivity contribution is 0.282. The summed E-state index contributed by atoms with van der Waals surface area (Å²) in [5.74, 6) is 0.696. The van der Waals surface area contributed by atoms with Gasteiger partial charge in [-0.25, -0.2) is 0 Å². The van der Waals surface area contributed by atoms with Gasteiger partial charge in [-0.15, -0.1) is 0 Å². The highest BCUT2D eigenvalue weighted by Gasteiger charge is 2.10. The number of aliphatic hydroxyl groups excluding tert-OH is 1. The van der Waals surface area contributed by atoms with E-state index >= 15 is 0 Å². The maximum Gasteiger partial charge on any atom is 0.140 e. The minimum atomic E-state index is 0.0128. The zero-order valence-corrected chi connectivity index (χ0v) is 11.2. The molecule has 0 spiro atoms. The van der Waals surface area contributed by atoms with Crippen LogP contribution in [0.3, 0.4) is 0 Å². The van der Waals surface area contributed by atoms with Crippen LogP contribution in [0.2, 0.25) is 5.02 Å². The molecule has 94 valence electrons. The number of rotatable bonds is 3. The molecule has 0 atom stereocenters. The average Bonchev–Trinajstić information content (AvgIpc) is 2.38. The molecule has 0 heterocycles. The zero-order valence-electron chi connectivity index (χ0n) is 10.4. The van der Waals surface area contributed by atoms with Gasteiger partial charge in [0.2, 0.25) is 0 Å². The molecule has 2 nitrogen and oxygen atoms in total. The Morgan fingerprint density at radius 1 is 1.22 bits per heavy atom. The second-order valence-electron chi connectivity index (χ2n) is 4.12. The molecule has 2 rings (SSSR count). The summed E-state index contributed by atoms with van der Waals surface area (Å²) in [4.78, 5) is 0. The Bertz CT molecular complexity index is 541. The van der Waals surface area contributed by atoms with Crippen molar-refractivity contribution >= 4 is 11.6 Å². The molecule has 0 aliphatic carbocycles. The summed E-state index contributed by atoms with van der Waals surface area (Å²) in [5, 5.41) is 9.94. The molecule has 3 heteroatoms. The fraction of sp³-hybridized carbons (Fsp3) is 0.200. The first-order valence-corrected chi connectivity index (χ1v) is 6.08. The number of ether oxygens (including phenoxy) is 1. The third-order valence-corrected chi connectivity index (χ3v) is 3.21. The van der Waals surface area contributed by atoms with E-state index in [0.29, 0.717) is 10.8 Å². The van der Waals surface area contributed by atoms with Gasteiger partial charge in [-0.2, -0.15) is 0 Å². The van der Waals surface area contributed by atoms with E-state index in [1.54, 1.807) is 7.11 Å². The van der Waals surface area contributed by atoms with Gasteiger partial charge in [-0.05, 0) is 41.3 Å². The van der Waals surface area contributed by atoms with Crippen molar-refractivity contribution in [1.29, 1.82) is 0 Å². The Morgan fingerprint density at radius 3 is 2.56 bits per heavy atom. The molecule has 0 aromatic heterocycles. The molecule has 0 fully saturated rings. The minimum Gasteiger partial charge on any atom is -0.495 e. The normalized spacial score (nSPS) is 10.4. The molecule has 1 N–H and O–H groups in total. The number of hydrogen-bond acceptors (Lipinski definition) is 2. The Labute approximate surface area is 112 Å². The fourth-order valence-electron chi connectivity index (χ4n) is 2.08. The van der Waals surface area contributed by atoms with Gasteiger partial charge in [-0.1, -0.05) is 35.9 Å². The molecular weight excluding hydrogens is 248 g/mol. The first-order valence-electron chi connectivity index (χ1n) is 5.70. The van der Waals surface area contributed by atoms with E-state index in [1.807, 2.05) is 43.3 Å². The first kappa shape index (κ1) is 12.9. The summed E-state index contributed by atoms with van der Waals surface area (Å²) in [7, 11) is 1.61. The highest BCUT2D eigenvalue weighted by atomic mass is 35.5. The molecule has 0 aliphatic heterocycles. The Hall–Kier alpha value is -1.51. The second-order valence-corrected chi connectivity index (χ2v) is 4.53. The van der Waals surface area contributed by atoms with Crippen LogP contribution in [0, 0.1) is 6.92 Å². The standard InChI is InChI=1S/C15H15ClO2/c1-10-7-12(8-14(16)15(10)18-2)13-6-4-3-5-11(13)9-17/h3-8,17H,9H2,1-2H3. The molecule has 0 saturated carbocycles. The van der Waals surface area contributed by atoms with Crippen LogP contribution in [-0.2, 0) is 6.61 Å². The second kappa shape index (κ2) is 5.42. The summed E-state index contributed by atoms with van der Waals surface area (Å²) in [5.41, 5.74) is 3.85. The van der Waals surface area contributed by atoms with Crippen LogP contribution in [-0.4, -0.2) is 12.2 Å². The maximum atomic E-state index is 9.36. The van der Waals surface area contributed by atoms with Crippen molar-refractivity contribution in [2.45, 2.75) is 13.5 Å². The van der Waals surface area contributed by atoms with Crippen LogP contribution in [0.4, 0.5) is 0 Å². The van der Waals surface area contributed by atoms with Crippen molar-refractivity contribution in [3.05, 3.63) is 52.5 Å². The summed E-state index contributed by atoms with van der Waals surface area (Å²) in [6.07, 6.45) is 0. The number of benzene rings is 2. The highest BCUT2D eigenvalue weighted by molar-refractivity contribution is 6.32. The quantitative estimate of drug-likeness (QED) is 0.911. The van der Waals surface area contributed by atoms with E-state index < -0.39 is 0 Å². The van der Waals surface area contributed by atoms with E-state index in [9.17, 15) is 5.11 Å². The lowest BCUT2D eigenvalue weighted by atomic mass is 9.98. The average molecular weight is 263 g/mol. The number of hydrogen-bond donors (Lipinski definition) is 1. The van der Waals surface area contributed by atoms with Crippen molar-refractivity contribution < 1.29 is 9.84 Å². The van der Waals surface area contributed by atoms with Gasteiger partial charge < -0.3 is 9.84 Å². The van der Waals surface area contributed by atoms with E-state index in [1.165, 1.54) is 0 Å². The molecule has 0 radical (unpaired) electrons. The largest absolute Gasteiger partial charge is 0.495 e. The number of aryl methyl sites for hydroxylation is 1. The Balaban J connectivity index is 2.58. The molecule has 0 saturated heterocycles. The summed E-state index contributed by atoms with van der Waals surface area (Å²) < 4.78 is 5.24. The highest BCUT2D eigenvalue weighted by Crippen LogP contribution is 2.34. The monoisotopic (exact) mass is 262 g/mol. The zero-order chi connectivity index (χ0) is 13.1. The smallest absolute Gasteiger partial charge is 0.140 e. The van der Waals surface area contributed by atoms with Gasteiger partial charge in [0.05, 0.1) is 18.7 Å². The Kier molecular flexibility index (Phi) is 3.90. The van der Waals surface area contributed by atoms with Gasteiger partial charge in [0.1, 0.15) is 5.75 Å². The van der Waals surface area contributed by atoms with Crippen molar-refractivity contribution in [2.24, 2.45) is 0 Å². The van der Waals surface area contributed by atoms with Crippen LogP contribution in [0.1, 0.15) is 11.1 Å². The molecular formula is C15H15ClO2. The summed E-state index contributed by atoms with van der Waals surface area (Å²) in [6, 6.07) is 11.6. The SMILES string of the molecule is COc1c(C)cc(-c2ccccc2CO)cc1Cl. The number of halogens is 1. The van der Waals surface area contributed by atoms with Gasteiger partial charge in [0.15, 0.2) is 0 Å². The molecule has 2 aromatic rings. The Morgan fingerprint density at radius 2 is 1.94 bits per heavy atom. The maximum absolute atomic E-state index is 9.36.